The van der Waals surface area contributed by atoms with Crippen LogP contribution in [0.3, 0.4) is 0 Å². The first-order chi connectivity index (χ1) is 17.0. The minimum absolute atomic E-state index is 0.243. The van der Waals surface area contributed by atoms with E-state index in [0.717, 1.165) is 39.1 Å². The minimum Gasteiger partial charge on any atom is -0.344 e. The zero-order chi connectivity index (χ0) is 24.4. The van der Waals surface area contributed by atoms with E-state index in [1.807, 2.05) is 54.6 Å². The molecule has 0 aliphatic heterocycles. The Morgan fingerprint density at radius 3 is 2.34 bits per heavy atom. The van der Waals surface area contributed by atoms with E-state index in [4.69, 9.17) is 0 Å². The molecule has 5 nitrogen and oxygen atoms in total. The summed E-state index contributed by atoms with van der Waals surface area (Å²) in [7, 11) is 0. The van der Waals surface area contributed by atoms with Crippen molar-refractivity contribution in [1.82, 2.24) is 14.6 Å². The molecule has 1 N–H and O–H groups in total. The van der Waals surface area contributed by atoms with Crippen molar-refractivity contribution in [2.45, 2.75) is 26.8 Å². The third-order valence-electron chi connectivity index (χ3n) is 6.23. The van der Waals surface area contributed by atoms with Gasteiger partial charge in [0, 0.05) is 45.6 Å². The van der Waals surface area contributed by atoms with Crippen LogP contribution in [0.2, 0.25) is 0 Å². The lowest BCUT2D eigenvalue weighted by atomic mass is 10.1. The standard InChI is InChI=1S/C30H28N4O/c1-21(2)33-20-25(27-11-7-8-12-29(27)33)19-31-32-30(35)24-14-16-26(17-15-24)34-22(3)13-18-28(34)23-9-5-4-6-10-23/h4-21H,1-3H3,(H,32,35)/b31-19+. The predicted octanol–water partition coefficient (Wildman–Crippen LogP) is 6.75. The molecule has 0 saturated carbocycles. The normalized spacial score (nSPS) is 11.5. The summed E-state index contributed by atoms with van der Waals surface area (Å²) in [6, 6.07) is 30.7. The Morgan fingerprint density at radius 2 is 1.60 bits per heavy atom. The van der Waals surface area contributed by atoms with Crippen LogP contribution in [0.1, 0.15) is 41.5 Å². The molecule has 35 heavy (non-hydrogen) atoms. The summed E-state index contributed by atoms with van der Waals surface area (Å²) < 4.78 is 4.41. The van der Waals surface area contributed by atoms with Crippen LogP contribution in [-0.2, 0) is 0 Å². The number of hydrazone groups is 1. The second kappa shape index (κ2) is 9.47. The van der Waals surface area contributed by atoms with Crippen molar-refractivity contribution in [2.75, 3.05) is 0 Å². The van der Waals surface area contributed by atoms with Gasteiger partial charge in [-0.1, -0.05) is 48.5 Å². The number of fused-ring (bicyclic) bond motifs is 1. The van der Waals surface area contributed by atoms with Crippen molar-refractivity contribution in [3.05, 3.63) is 114 Å². The lowest BCUT2D eigenvalue weighted by Crippen LogP contribution is -2.17. The third kappa shape index (κ3) is 4.41. The lowest BCUT2D eigenvalue weighted by molar-refractivity contribution is 0.0955. The Kier molecular flexibility index (Phi) is 6.06. The number of hydrogen-bond donors (Lipinski definition) is 1. The third-order valence-corrected chi connectivity index (χ3v) is 6.23. The summed E-state index contributed by atoms with van der Waals surface area (Å²) in [6.45, 7) is 6.38. The molecule has 5 aromatic rings. The van der Waals surface area contributed by atoms with Crippen molar-refractivity contribution >= 4 is 23.0 Å². The van der Waals surface area contributed by atoms with Gasteiger partial charge in [-0.25, -0.2) is 5.43 Å². The quantitative estimate of drug-likeness (QED) is 0.221. The Balaban J connectivity index is 1.34. The van der Waals surface area contributed by atoms with Gasteiger partial charge in [0.15, 0.2) is 0 Å². The highest BCUT2D eigenvalue weighted by Gasteiger charge is 2.12. The van der Waals surface area contributed by atoms with E-state index in [-0.39, 0.29) is 5.91 Å². The number of carbonyl (C=O) groups excluding carboxylic acids is 1. The van der Waals surface area contributed by atoms with Gasteiger partial charge in [-0.3, -0.25) is 4.79 Å². The molecule has 0 fully saturated rings. The molecule has 0 aliphatic rings. The molecule has 0 radical (unpaired) electrons. The largest absolute Gasteiger partial charge is 0.344 e. The number of aryl methyl sites for hydroxylation is 1. The van der Waals surface area contributed by atoms with E-state index in [0.29, 0.717) is 11.6 Å². The van der Waals surface area contributed by atoms with Crippen LogP contribution < -0.4 is 5.43 Å². The van der Waals surface area contributed by atoms with Crippen LogP contribution in [0.25, 0.3) is 27.8 Å². The average molecular weight is 461 g/mol. The molecule has 174 valence electrons. The first kappa shape index (κ1) is 22.4. The van der Waals surface area contributed by atoms with Crippen molar-refractivity contribution in [1.29, 1.82) is 0 Å². The molecule has 0 aliphatic carbocycles. The number of carbonyl (C=O) groups is 1. The number of rotatable bonds is 6. The molecule has 0 spiro atoms. The van der Waals surface area contributed by atoms with Gasteiger partial charge in [0.2, 0.25) is 0 Å². The average Bonchev–Trinajstić information content (AvgIpc) is 3.45. The van der Waals surface area contributed by atoms with E-state index in [1.165, 1.54) is 0 Å². The summed E-state index contributed by atoms with van der Waals surface area (Å²) in [5.74, 6) is -0.243. The smallest absolute Gasteiger partial charge is 0.271 e. The molecular weight excluding hydrogens is 432 g/mol. The topological polar surface area (TPSA) is 51.3 Å². The fourth-order valence-corrected chi connectivity index (χ4v) is 4.46. The number of nitrogens with one attached hydrogen (secondary N) is 1. The summed E-state index contributed by atoms with van der Waals surface area (Å²) in [6.07, 6.45) is 3.78. The molecular formula is C30H28N4O. The monoisotopic (exact) mass is 460 g/mol. The lowest BCUT2D eigenvalue weighted by Gasteiger charge is -2.12. The number of benzene rings is 3. The van der Waals surface area contributed by atoms with Gasteiger partial charge < -0.3 is 9.13 Å². The molecule has 5 heteroatoms. The Labute approximate surface area is 205 Å². The number of aromatic nitrogens is 2. The molecule has 0 atom stereocenters. The predicted molar refractivity (Wildman–Crippen MR) is 143 cm³/mol. The van der Waals surface area contributed by atoms with E-state index >= 15 is 0 Å². The first-order valence-electron chi connectivity index (χ1n) is 11.8. The molecule has 0 unspecified atom stereocenters. The highest BCUT2D eigenvalue weighted by molar-refractivity contribution is 6.00. The molecule has 3 aromatic carbocycles. The molecule has 0 bridgehead atoms. The zero-order valence-electron chi connectivity index (χ0n) is 20.1. The van der Waals surface area contributed by atoms with Crippen molar-refractivity contribution < 1.29 is 4.79 Å². The molecule has 1 amide bonds. The highest BCUT2D eigenvalue weighted by Crippen LogP contribution is 2.27. The van der Waals surface area contributed by atoms with Gasteiger partial charge >= 0.3 is 0 Å². The Morgan fingerprint density at radius 1 is 0.886 bits per heavy atom. The van der Waals surface area contributed by atoms with Crippen molar-refractivity contribution in [2.24, 2.45) is 5.10 Å². The van der Waals surface area contributed by atoms with E-state index in [1.54, 1.807) is 6.21 Å². The fourth-order valence-electron chi connectivity index (χ4n) is 4.46. The summed E-state index contributed by atoms with van der Waals surface area (Å²) in [5.41, 5.74) is 9.76. The summed E-state index contributed by atoms with van der Waals surface area (Å²) >= 11 is 0. The Hall–Kier alpha value is -4.38. The van der Waals surface area contributed by atoms with Crippen LogP contribution in [0.5, 0.6) is 0 Å². The number of para-hydroxylation sites is 1. The Bertz CT molecular complexity index is 1510. The maximum absolute atomic E-state index is 12.7. The number of hydrogen-bond acceptors (Lipinski definition) is 2. The number of amides is 1. The van der Waals surface area contributed by atoms with Gasteiger partial charge in [0.05, 0.1) is 11.9 Å². The molecule has 5 rings (SSSR count). The van der Waals surface area contributed by atoms with Crippen LogP contribution in [-0.4, -0.2) is 21.3 Å². The van der Waals surface area contributed by atoms with Crippen molar-refractivity contribution in [3.8, 4) is 16.9 Å². The highest BCUT2D eigenvalue weighted by atomic mass is 16.2. The van der Waals surface area contributed by atoms with Gasteiger partial charge in [0.1, 0.15) is 0 Å². The van der Waals surface area contributed by atoms with Gasteiger partial charge in [-0.15, -0.1) is 0 Å². The molecule has 2 heterocycles. The van der Waals surface area contributed by atoms with E-state index < -0.39 is 0 Å². The maximum Gasteiger partial charge on any atom is 0.271 e. The molecule has 0 saturated heterocycles. The summed E-state index contributed by atoms with van der Waals surface area (Å²) in [4.78, 5) is 12.7. The fraction of sp³-hybridized carbons (Fsp3) is 0.133. The van der Waals surface area contributed by atoms with Crippen LogP contribution >= 0.6 is 0 Å². The van der Waals surface area contributed by atoms with Gasteiger partial charge in [0.25, 0.3) is 5.91 Å². The van der Waals surface area contributed by atoms with E-state index in [2.05, 4.69) is 83.0 Å². The second-order valence-corrected chi connectivity index (χ2v) is 8.91. The van der Waals surface area contributed by atoms with Gasteiger partial charge in [-0.05, 0) is 68.8 Å². The van der Waals surface area contributed by atoms with Gasteiger partial charge in [-0.2, -0.15) is 5.10 Å². The second-order valence-electron chi connectivity index (χ2n) is 8.91. The van der Waals surface area contributed by atoms with Crippen molar-refractivity contribution in [3.63, 3.8) is 0 Å². The molecule has 2 aromatic heterocycles. The van der Waals surface area contributed by atoms with Crippen LogP contribution in [0.4, 0.5) is 0 Å². The maximum atomic E-state index is 12.7. The SMILES string of the molecule is Cc1ccc(-c2ccccc2)n1-c1ccc(C(=O)N/N=C/c2cn(C(C)C)c3ccccc23)cc1. The van der Waals surface area contributed by atoms with Crippen LogP contribution in [0, 0.1) is 6.92 Å². The zero-order valence-corrected chi connectivity index (χ0v) is 20.1. The van der Waals surface area contributed by atoms with E-state index in [9.17, 15) is 4.79 Å². The van der Waals surface area contributed by atoms with Crippen LogP contribution in [0.15, 0.2) is 102 Å². The minimum atomic E-state index is -0.243. The first-order valence-corrected chi connectivity index (χ1v) is 11.8. The summed E-state index contributed by atoms with van der Waals surface area (Å²) in [5, 5.41) is 5.35. The number of nitrogens with zero attached hydrogens (tertiary/aromatic N) is 3.